The smallest absolute Gasteiger partial charge is 0.0465 e. The SMILES string of the molecule is Cc1cc(N(c2ccccc2)c2ccccc2)ccc1-c1ccc2c(c1)C(C)(C)c1cc(-c3ccc(N(c4ccccc4)c4ccc5c(c4)C(C)(C)c4cc(N(c6ccccc6)c6ccccc6)ccc4-5)cc3C)ccc1-2. The van der Waals surface area contributed by atoms with Crippen molar-refractivity contribution in [3.8, 4) is 44.5 Å². The van der Waals surface area contributed by atoms with E-state index in [2.05, 4.69) is 317 Å². The molecule has 0 bridgehead atoms. The van der Waals surface area contributed by atoms with Crippen LogP contribution in [-0.2, 0) is 10.8 Å². The van der Waals surface area contributed by atoms with Crippen LogP contribution in [0.3, 0.4) is 0 Å². The maximum Gasteiger partial charge on any atom is 0.0465 e. The lowest BCUT2D eigenvalue weighted by molar-refractivity contribution is 0.660. The molecule has 11 aromatic rings. The van der Waals surface area contributed by atoms with Gasteiger partial charge in [0.05, 0.1) is 0 Å². The van der Waals surface area contributed by atoms with E-state index in [9.17, 15) is 0 Å². The molecule has 0 atom stereocenters. The minimum Gasteiger partial charge on any atom is -0.310 e. The monoisotopic (exact) mass is 991 g/mol. The standard InChI is InChI=1S/C74H61N3/c1-50-44-59(75(54-22-12-7-13-23-54)55-24-14-8-15-25-55)34-40-63(50)52-32-38-65-66-39-33-53(47-70(66)73(3,4)69(65)46-52)64-41-35-60(45-51(64)2)77(58-30-20-11-21-31-58)62-37-43-68-67-42-36-61(48-71(67)74(5,6)72(68)49-62)76(56-26-16-9-17-27-56)57-28-18-10-19-29-57/h7-49H,1-6H3. The normalized spacial score (nSPS) is 13.3. The number of para-hydroxylation sites is 5. The number of rotatable bonds is 11. The summed E-state index contributed by atoms with van der Waals surface area (Å²) in [6, 6.07) is 95.7. The van der Waals surface area contributed by atoms with Crippen LogP contribution in [0.2, 0.25) is 0 Å². The van der Waals surface area contributed by atoms with Gasteiger partial charge in [-0.05, 0) is 213 Å². The molecule has 3 nitrogen and oxygen atoms in total. The van der Waals surface area contributed by atoms with Gasteiger partial charge in [-0.2, -0.15) is 0 Å². The zero-order valence-electron chi connectivity index (χ0n) is 44.7. The van der Waals surface area contributed by atoms with Crippen LogP contribution in [-0.4, -0.2) is 0 Å². The maximum atomic E-state index is 2.46. The van der Waals surface area contributed by atoms with Crippen molar-refractivity contribution < 1.29 is 0 Å². The van der Waals surface area contributed by atoms with E-state index in [-0.39, 0.29) is 10.8 Å². The molecule has 0 amide bonds. The van der Waals surface area contributed by atoms with E-state index >= 15 is 0 Å². The van der Waals surface area contributed by atoms with E-state index in [4.69, 9.17) is 0 Å². The third-order valence-corrected chi connectivity index (χ3v) is 16.5. The summed E-state index contributed by atoms with van der Waals surface area (Å²) >= 11 is 0. The Morgan fingerprint density at radius 2 is 0.455 bits per heavy atom. The summed E-state index contributed by atoms with van der Waals surface area (Å²) in [6.07, 6.45) is 0. The number of aryl methyl sites for hydroxylation is 2. The molecule has 0 radical (unpaired) electrons. The van der Waals surface area contributed by atoms with Crippen LogP contribution in [0.1, 0.15) is 61.1 Å². The second kappa shape index (κ2) is 18.9. The number of fused-ring (bicyclic) bond motifs is 6. The molecule has 13 rings (SSSR count). The maximum absolute atomic E-state index is 2.46. The van der Waals surface area contributed by atoms with Gasteiger partial charge < -0.3 is 14.7 Å². The molecule has 372 valence electrons. The molecule has 0 aromatic heterocycles. The van der Waals surface area contributed by atoms with Crippen LogP contribution in [0.4, 0.5) is 51.2 Å². The van der Waals surface area contributed by atoms with Crippen molar-refractivity contribution in [2.24, 2.45) is 0 Å². The Kier molecular flexibility index (Phi) is 11.7. The number of nitrogens with zero attached hydrogens (tertiary/aromatic N) is 3. The van der Waals surface area contributed by atoms with Crippen molar-refractivity contribution in [3.63, 3.8) is 0 Å². The van der Waals surface area contributed by atoms with E-state index in [1.54, 1.807) is 0 Å². The van der Waals surface area contributed by atoms with Gasteiger partial charge in [0.2, 0.25) is 0 Å². The van der Waals surface area contributed by atoms with Crippen molar-refractivity contribution in [3.05, 3.63) is 294 Å². The fourth-order valence-corrected chi connectivity index (χ4v) is 12.5. The van der Waals surface area contributed by atoms with Gasteiger partial charge in [-0.1, -0.05) is 167 Å². The highest BCUT2D eigenvalue weighted by atomic mass is 15.2. The quantitative estimate of drug-likeness (QED) is 0.128. The molecule has 11 aromatic carbocycles. The summed E-state index contributed by atoms with van der Waals surface area (Å²) in [5.41, 5.74) is 27.9. The molecule has 0 spiro atoms. The third kappa shape index (κ3) is 8.22. The predicted molar refractivity (Wildman–Crippen MR) is 326 cm³/mol. The molecular formula is C74H61N3. The summed E-state index contributed by atoms with van der Waals surface area (Å²) in [7, 11) is 0. The third-order valence-electron chi connectivity index (χ3n) is 16.5. The van der Waals surface area contributed by atoms with Gasteiger partial charge in [0.25, 0.3) is 0 Å². The van der Waals surface area contributed by atoms with Crippen molar-refractivity contribution in [2.45, 2.75) is 52.4 Å². The van der Waals surface area contributed by atoms with E-state index in [1.807, 2.05) is 0 Å². The molecule has 0 N–H and O–H groups in total. The van der Waals surface area contributed by atoms with Gasteiger partial charge >= 0.3 is 0 Å². The lowest BCUT2D eigenvalue weighted by Gasteiger charge is -2.29. The minimum absolute atomic E-state index is 0.189. The first-order valence-electron chi connectivity index (χ1n) is 27.0. The van der Waals surface area contributed by atoms with Crippen LogP contribution in [0.25, 0.3) is 44.5 Å². The summed E-state index contributed by atoms with van der Waals surface area (Å²) in [4.78, 5) is 7.12. The van der Waals surface area contributed by atoms with Crippen LogP contribution in [0, 0.1) is 13.8 Å². The summed E-state index contributed by atoms with van der Waals surface area (Å²) in [6.45, 7) is 14.1. The molecule has 77 heavy (non-hydrogen) atoms. The van der Waals surface area contributed by atoms with Gasteiger partial charge in [-0.25, -0.2) is 0 Å². The second-order valence-electron chi connectivity index (χ2n) is 21.9. The van der Waals surface area contributed by atoms with E-state index in [0.29, 0.717) is 0 Å². The Labute approximate surface area is 454 Å². The number of anilines is 9. The van der Waals surface area contributed by atoms with Crippen LogP contribution in [0.5, 0.6) is 0 Å². The first-order chi connectivity index (χ1) is 37.5. The van der Waals surface area contributed by atoms with Gasteiger partial charge in [-0.15, -0.1) is 0 Å². The Balaban J connectivity index is 0.803. The number of benzene rings is 11. The van der Waals surface area contributed by atoms with E-state index < -0.39 is 0 Å². The zero-order valence-corrected chi connectivity index (χ0v) is 44.7. The van der Waals surface area contributed by atoms with Crippen LogP contribution >= 0.6 is 0 Å². The van der Waals surface area contributed by atoms with Crippen molar-refractivity contribution in [1.29, 1.82) is 0 Å². The Morgan fingerprint density at radius 1 is 0.221 bits per heavy atom. The molecular weight excluding hydrogens is 931 g/mol. The lowest BCUT2D eigenvalue weighted by atomic mass is 9.80. The topological polar surface area (TPSA) is 9.72 Å². The molecule has 0 heterocycles. The molecule has 2 aliphatic carbocycles. The summed E-state index contributed by atoms with van der Waals surface area (Å²) in [5, 5.41) is 0. The van der Waals surface area contributed by atoms with Crippen molar-refractivity contribution in [2.75, 3.05) is 14.7 Å². The van der Waals surface area contributed by atoms with Crippen LogP contribution < -0.4 is 14.7 Å². The number of hydrogen-bond donors (Lipinski definition) is 0. The second-order valence-corrected chi connectivity index (χ2v) is 21.9. The van der Waals surface area contributed by atoms with Gasteiger partial charge in [0, 0.05) is 62.0 Å². The Bertz CT molecular complexity index is 3910. The average Bonchev–Trinajstić information content (AvgIpc) is 3.83. The molecule has 0 aliphatic heterocycles. The van der Waals surface area contributed by atoms with Crippen LogP contribution in [0.15, 0.2) is 261 Å². The van der Waals surface area contributed by atoms with Crippen molar-refractivity contribution in [1.82, 2.24) is 0 Å². The zero-order chi connectivity index (χ0) is 52.4. The van der Waals surface area contributed by atoms with E-state index in [1.165, 1.54) is 77.9 Å². The largest absolute Gasteiger partial charge is 0.310 e. The molecule has 0 unspecified atom stereocenters. The van der Waals surface area contributed by atoms with Gasteiger partial charge in [-0.3, -0.25) is 0 Å². The molecule has 2 aliphatic rings. The molecule has 0 fully saturated rings. The summed E-state index contributed by atoms with van der Waals surface area (Å²) in [5.74, 6) is 0. The average molecular weight is 992 g/mol. The fraction of sp³-hybridized carbons (Fsp3) is 0.108. The van der Waals surface area contributed by atoms with Gasteiger partial charge in [0.1, 0.15) is 0 Å². The fourth-order valence-electron chi connectivity index (χ4n) is 12.5. The predicted octanol–water partition coefficient (Wildman–Crippen LogP) is 20.7. The molecule has 0 saturated heterocycles. The highest BCUT2D eigenvalue weighted by Crippen LogP contribution is 2.54. The first-order valence-corrected chi connectivity index (χ1v) is 27.0. The number of hydrogen-bond acceptors (Lipinski definition) is 3. The highest BCUT2D eigenvalue weighted by molar-refractivity contribution is 5.91. The first kappa shape index (κ1) is 47.5. The summed E-state index contributed by atoms with van der Waals surface area (Å²) < 4.78 is 0. The Morgan fingerprint density at radius 3 is 0.740 bits per heavy atom. The van der Waals surface area contributed by atoms with Gasteiger partial charge in [0.15, 0.2) is 0 Å². The molecule has 0 saturated carbocycles. The van der Waals surface area contributed by atoms with Crippen molar-refractivity contribution >= 4 is 51.2 Å². The highest BCUT2D eigenvalue weighted by Gasteiger charge is 2.38. The lowest BCUT2D eigenvalue weighted by Crippen LogP contribution is -2.17. The molecule has 3 heteroatoms. The Hall–Kier alpha value is -9.18. The van der Waals surface area contributed by atoms with E-state index in [0.717, 1.165) is 51.2 Å². The minimum atomic E-state index is -0.237.